The van der Waals surface area contributed by atoms with E-state index in [2.05, 4.69) is 20.4 Å². The van der Waals surface area contributed by atoms with Crippen LogP contribution in [0.3, 0.4) is 0 Å². The molecule has 1 fully saturated rings. The first-order chi connectivity index (χ1) is 7.33. The molecule has 0 unspecified atom stereocenters. The fourth-order valence-corrected chi connectivity index (χ4v) is 1.65. The Morgan fingerprint density at radius 3 is 3.13 bits per heavy atom. The minimum absolute atomic E-state index is 0.755. The molecule has 0 atom stereocenters. The van der Waals surface area contributed by atoms with Crippen molar-refractivity contribution in [3.8, 4) is 0 Å². The van der Waals surface area contributed by atoms with Crippen LogP contribution in [0.1, 0.15) is 12.8 Å². The molecule has 0 saturated heterocycles. The molecule has 0 amide bonds. The molecule has 0 radical (unpaired) electrons. The first-order valence-corrected chi connectivity index (χ1v) is 5.21. The predicted octanol–water partition coefficient (Wildman–Crippen LogP) is 1.19. The van der Waals surface area contributed by atoms with Crippen molar-refractivity contribution in [3.05, 3.63) is 12.5 Å². The highest BCUT2D eigenvalue weighted by Gasteiger charge is 2.21. The minimum Gasteiger partial charge on any atom is -0.369 e. The fraction of sp³-hybridized carbons (Fsp3) is 0.500. The van der Waals surface area contributed by atoms with Gasteiger partial charge in [-0.05, 0) is 18.8 Å². The number of hydrogen-bond acceptors (Lipinski definition) is 4. The molecule has 3 rings (SSSR count). The quantitative estimate of drug-likeness (QED) is 0.814. The van der Waals surface area contributed by atoms with E-state index in [0.717, 1.165) is 29.3 Å². The largest absolute Gasteiger partial charge is 0.369 e. The van der Waals surface area contributed by atoms with Gasteiger partial charge in [-0.25, -0.2) is 9.97 Å². The van der Waals surface area contributed by atoms with Crippen molar-refractivity contribution in [1.29, 1.82) is 0 Å². The van der Waals surface area contributed by atoms with Crippen LogP contribution in [0, 0.1) is 5.92 Å². The van der Waals surface area contributed by atoms with Crippen molar-refractivity contribution in [2.45, 2.75) is 12.8 Å². The highest BCUT2D eigenvalue weighted by atomic mass is 15.3. The smallest absolute Gasteiger partial charge is 0.186 e. The Balaban J connectivity index is 1.93. The molecule has 0 aromatic carbocycles. The van der Waals surface area contributed by atoms with Gasteiger partial charge in [0, 0.05) is 19.8 Å². The SMILES string of the molecule is Cn1cc2c(NCC3CC3)ncnc2n1. The van der Waals surface area contributed by atoms with Gasteiger partial charge in [0.1, 0.15) is 12.1 Å². The van der Waals surface area contributed by atoms with Gasteiger partial charge >= 0.3 is 0 Å². The molecule has 2 aromatic rings. The summed E-state index contributed by atoms with van der Waals surface area (Å²) in [7, 11) is 1.90. The number of anilines is 1. The Bertz CT molecular complexity index is 486. The summed E-state index contributed by atoms with van der Waals surface area (Å²) in [5.41, 5.74) is 0.755. The number of nitrogens with one attached hydrogen (secondary N) is 1. The predicted molar refractivity (Wildman–Crippen MR) is 57.5 cm³/mol. The van der Waals surface area contributed by atoms with Gasteiger partial charge in [0.05, 0.1) is 5.39 Å². The van der Waals surface area contributed by atoms with Crippen molar-refractivity contribution < 1.29 is 0 Å². The Kier molecular flexibility index (Phi) is 1.83. The molecule has 0 aliphatic heterocycles. The minimum atomic E-state index is 0.755. The zero-order valence-electron chi connectivity index (χ0n) is 8.64. The van der Waals surface area contributed by atoms with Gasteiger partial charge in [0.25, 0.3) is 0 Å². The molecule has 1 saturated carbocycles. The zero-order chi connectivity index (χ0) is 10.3. The molecule has 0 bridgehead atoms. The molecule has 5 nitrogen and oxygen atoms in total. The summed E-state index contributed by atoms with van der Waals surface area (Å²) < 4.78 is 1.77. The molecule has 15 heavy (non-hydrogen) atoms. The molecule has 2 heterocycles. The number of aromatic nitrogens is 4. The zero-order valence-corrected chi connectivity index (χ0v) is 8.64. The van der Waals surface area contributed by atoms with E-state index < -0.39 is 0 Å². The van der Waals surface area contributed by atoms with E-state index in [1.165, 1.54) is 12.8 Å². The van der Waals surface area contributed by atoms with Crippen molar-refractivity contribution in [2.75, 3.05) is 11.9 Å². The average molecular weight is 203 g/mol. The Morgan fingerprint density at radius 1 is 1.47 bits per heavy atom. The summed E-state index contributed by atoms with van der Waals surface area (Å²) in [6.07, 6.45) is 6.19. The van der Waals surface area contributed by atoms with Crippen LogP contribution in [0.2, 0.25) is 0 Å². The van der Waals surface area contributed by atoms with Gasteiger partial charge < -0.3 is 5.32 Å². The van der Waals surface area contributed by atoms with Crippen molar-refractivity contribution in [3.63, 3.8) is 0 Å². The van der Waals surface area contributed by atoms with E-state index in [9.17, 15) is 0 Å². The van der Waals surface area contributed by atoms with Gasteiger partial charge in [-0.2, -0.15) is 5.10 Å². The standard InChI is InChI=1S/C10H13N5/c1-15-5-8-9(11-4-7-2-3-7)12-6-13-10(8)14-15/h5-7H,2-4H2,1H3,(H,11,12,13,14). The van der Waals surface area contributed by atoms with E-state index in [1.54, 1.807) is 11.0 Å². The number of aryl methyl sites for hydroxylation is 1. The van der Waals surface area contributed by atoms with Crippen LogP contribution in [0.25, 0.3) is 11.0 Å². The second-order valence-corrected chi connectivity index (χ2v) is 4.09. The number of fused-ring (bicyclic) bond motifs is 1. The first-order valence-electron chi connectivity index (χ1n) is 5.21. The summed E-state index contributed by atoms with van der Waals surface area (Å²) in [6.45, 7) is 1.01. The van der Waals surface area contributed by atoms with E-state index in [1.807, 2.05) is 13.2 Å². The fourth-order valence-electron chi connectivity index (χ4n) is 1.65. The number of hydrogen-bond donors (Lipinski definition) is 1. The van der Waals surface area contributed by atoms with Gasteiger partial charge in [0.2, 0.25) is 0 Å². The molecule has 5 heteroatoms. The molecule has 1 aliphatic rings. The molecular weight excluding hydrogens is 190 g/mol. The monoisotopic (exact) mass is 203 g/mol. The Morgan fingerprint density at radius 2 is 2.33 bits per heavy atom. The number of nitrogens with zero attached hydrogens (tertiary/aromatic N) is 4. The van der Waals surface area contributed by atoms with Crippen LogP contribution in [0.5, 0.6) is 0 Å². The Hall–Kier alpha value is -1.65. The summed E-state index contributed by atoms with van der Waals surface area (Å²) >= 11 is 0. The third kappa shape index (κ3) is 1.65. The van der Waals surface area contributed by atoms with E-state index in [4.69, 9.17) is 0 Å². The lowest BCUT2D eigenvalue weighted by atomic mass is 10.3. The van der Waals surface area contributed by atoms with Crippen LogP contribution in [0.4, 0.5) is 5.82 Å². The topological polar surface area (TPSA) is 55.6 Å². The highest BCUT2D eigenvalue weighted by molar-refractivity contribution is 5.85. The maximum absolute atomic E-state index is 4.24. The van der Waals surface area contributed by atoms with Gasteiger partial charge in [-0.1, -0.05) is 0 Å². The maximum Gasteiger partial charge on any atom is 0.186 e. The van der Waals surface area contributed by atoms with Gasteiger partial charge in [-0.3, -0.25) is 4.68 Å². The maximum atomic E-state index is 4.24. The van der Waals surface area contributed by atoms with Crippen molar-refractivity contribution >= 4 is 16.9 Å². The number of rotatable bonds is 3. The van der Waals surface area contributed by atoms with Gasteiger partial charge in [0.15, 0.2) is 5.65 Å². The summed E-state index contributed by atoms with van der Waals surface area (Å²) in [6, 6.07) is 0. The average Bonchev–Trinajstić information content (AvgIpc) is 2.96. The van der Waals surface area contributed by atoms with Gasteiger partial charge in [-0.15, -0.1) is 0 Å². The molecule has 2 aromatic heterocycles. The summed E-state index contributed by atoms with van der Waals surface area (Å²) in [4.78, 5) is 8.37. The van der Waals surface area contributed by atoms with E-state index in [0.29, 0.717) is 0 Å². The van der Waals surface area contributed by atoms with E-state index in [-0.39, 0.29) is 0 Å². The third-order valence-corrected chi connectivity index (χ3v) is 2.69. The normalized spacial score (nSPS) is 15.8. The lowest BCUT2D eigenvalue weighted by Gasteiger charge is -2.03. The van der Waals surface area contributed by atoms with Crippen LogP contribution in [0.15, 0.2) is 12.5 Å². The first kappa shape index (κ1) is 8.64. The van der Waals surface area contributed by atoms with Crippen molar-refractivity contribution in [1.82, 2.24) is 19.7 Å². The second kappa shape index (κ2) is 3.18. The summed E-state index contributed by atoms with van der Waals surface area (Å²) in [5.74, 6) is 1.74. The summed E-state index contributed by atoms with van der Waals surface area (Å²) in [5, 5.41) is 8.60. The molecule has 78 valence electrons. The molecule has 0 spiro atoms. The second-order valence-electron chi connectivity index (χ2n) is 4.09. The Labute approximate surface area is 87.5 Å². The van der Waals surface area contributed by atoms with Crippen LogP contribution < -0.4 is 5.32 Å². The molecular formula is C10H13N5. The van der Waals surface area contributed by atoms with Crippen LogP contribution in [-0.2, 0) is 7.05 Å². The molecule has 1 N–H and O–H groups in total. The van der Waals surface area contributed by atoms with E-state index >= 15 is 0 Å². The van der Waals surface area contributed by atoms with Crippen LogP contribution >= 0.6 is 0 Å². The lowest BCUT2D eigenvalue weighted by Crippen LogP contribution is -2.05. The van der Waals surface area contributed by atoms with Crippen LogP contribution in [-0.4, -0.2) is 26.3 Å². The molecule has 1 aliphatic carbocycles. The third-order valence-electron chi connectivity index (χ3n) is 2.69. The van der Waals surface area contributed by atoms with Crippen molar-refractivity contribution in [2.24, 2.45) is 13.0 Å². The lowest BCUT2D eigenvalue weighted by molar-refractivity contribution is 0.775. The highest BCUT2D eigenvalue weighted by Crippen LogP contribution is 2.29.